The SMILES string of the molecule is CC[C@@H](C)NC(=O)NC(=O)CSc1nnc(C)n1C1CCCCC1. The summed E-state index contributed by atoms with van der Waals surface area (Å²) in [6.07, 6.45) is 6.82. The van der Waals surface area contributed by atoms with Crippen LogP contribution in [-0.2, 0) is 4.79 Å². The summed E-state index contributed by atoms with van der Waals surface area (Å²) in [7, 11) is 0. The first-order valence-electron chi connectivity index (χ1n) is 8.66. The van der Waals surface area contributed by atoms with Gasteiger partial charge in [-0.25, -0.2) is 4.79 Å². The molecule has 3 amide bonds. The molecule has 1 atom stereocenters. The van der Waals surface area contributed by atoms with E-state index in [0.717, 1.165) is 30.2 Å². The Bertz CT molecular complexity index is 569. The van der Waals surface area contributed by atoms with E-state index in [2.05, 4.69) is 25.4 Å². The average molecular weight is 353 g/mol. The summed E-state index contributed by atoms with van der Waals surface area (Å²) in [5.41, 5.74) is 0. The minimum atomic E-state index is -0.445. The second kappa shape index (κ2) is 9.05. The lowest BCUT2D eigenvalue weighted by atomic mass is 9.95. The van der Waals surface area contributed by atoms with Crippen molar-refractivity contribution in [1.82, 2.24) is 25.4 Å². The Hall–Kier alpha value is -1.57. The highest BCUT2D eigenvalue weighted by atomic mass is 32.2. The van der Waals surface area contributed by atoms with Gasteiger partial charge < -0.3 is 9.88 Å². The van der Waals surface area contributed by atoms with Gasteiger partial charge in [0, 0.05) is 12.1 Å². The van der Waals surface area contributed by atoms with Crippen LogP contribution in [0.1, 0.15) is 64.2 Å². The van der Waals surface area contributed by atoms with Gasteiger partial charge >= 0.3 is 6.03 Å². The molecular formula is C16H27N5O2S. The summed E-state index contributed by atoms with van der Waals surface area (Å²) < 4.78 is 2.15. The summed E-state index contributed by atoms with van der Waals surface area (Å²) in [4.78, 5) is 23.6. The van der Waals surface area contributed by atoms with Gasteiger partial charge in [-0.05, 0) is 33.1 Å². The molecule has 1 heterocycles. The lowest BCUT2D eigenvalue weighted by Gasteiger charge is -2.24. The maximum absolute atomic E-state index is 11.9. The number of amides is 3. The molecule has 0 aliphatic heterocycles. The molecule has 0 radical (unpaired) electrons. The molecular weight excluding hydrogens is 326 g/mol. The second-order valence-electron chi connectivity index (χ2n) is 6.31. The fourth-order valence-electron chi connectivity index (χ4n) is 2.86. The number of aryl methyl sites for hydroxylation is 1. The number of urea groups is 1. The zero-order valence-electron chi connectivity index (χ0n) is 14.7. The van der Waals surface area contributed by atoms with Gasteiger partial charge in [-0.1, -0.05) is 37.9 Å². The van der Waals surface area contributed by atoms with Gasteiger partial charge in [0.2, 0.25) is 5.91 Å². The number of imide groups is 1. The lowest BCUT2D eigenvalue weighted by molar-refractivity contribution is -0.117. The molecule has 1 aliphatic rings. The van der Waals surface area contributed by atoms with Crippen LogP contribution in [-0.4, -0.2) is 38.5 Å². The lowest BCUT2D eigenvalue weighted by Crippen LogP contribution is -2.43. The summed E-state index contributed by atoms with van der Waals surface area (Å²) in [5, 5.41) is 14.2. The summed E-state index contributed by atoms with van der Waals surface area (Å²) in [5.74, 6) is 0.717. The molecule has 0 unspecified atom stereocenters. The standard InChI is InChI=1S/C16H27N5O2S/c1-4-11(2)17-15(23)18-14(22)10-24-16-20-19-12(3)21(16)13-8-6-5-7-9-13/h11,13H,4-10H2,1-3H3,(H2,17,18,22,23)/t11-/m1/s1. The minimum absolute atomic E-state index is 0.0440. The van der Waals surface area contributed by atoms with E-state index in [1.54, 1.807) is 0 Å². The van der Waals surface area contributed by atoms with Crippen LogP contribution in [0.2, 0.25) is 0 Å². The normalized spacial score (nSPS) is 16.6. The van der Waals surface area contributed by atoms with Crippen LogP contribution in [0.3, 0.4) is 0 Å². The molecule has 134 valence electrons. The third kappa shape index (κ3) is 5.22. The van der Waals surface area contributed by atoms with E-state index in [4.69, 9.17) is 0 Å². The first-order chi connectivity index (χ1) is 11.5. The van der Waals surface area contributed by atoms with Crippen molar-refractivity contribution in [3.63, 3.8) is 0 Å². The van der Waals surface area contributed by atoms with Crippen LogP contribution in [0.5, 0.6) is 0 Å². The van der Waals surface area contributed by atoms with Crippen LogP contribution in [0.15, 0.2) is 5.16 Å². The fourth-order valence-corrected chi connectivity index (χ4v) is 3.71. The minimum Gasteiger partial charge on any atom is -0.335 e. The Kier molecular flexibility index (Phi) is 7.08. The van der Waals surface area contributed by atoms with E-state index < -0.39 is 6.03 Å². The van der Waals surface area contributed by atoms with Crippen molar-refractivity contribution in [2.24, 2.45) is 0 Å². The topological polar surface area (TPSA) is 88.9 Å². The number of thioether (sulfide) groups is 1. The molecule has 0 bridgehead atoms. The second-order valence-corrected chi connectivity index (χ2v) is 7.25. The van der Waals surface area contributed by atoms with Gasteiger partial charge in [0.1, 0.15) is 5.82 Å². The first-order valence-corrected chi connectivity index (χ1v) is 9.64. The van der Waals surface area contributed by atoms with E-state index >= 15 is 0 Å². The van der Waals surface area contributed by atoms with Crippen LogP contribution < -0.4 is 10.6 Å². The molecule has 2 rings (SSSR count). The van der Waals surface area contributed by atoms with Gasteiger partial charge in [-0.3, -0.25) is 10.1 Å². The Morgan fingerprint density at radius 1 is 1.29 bits per heavy atom. The van der Waals surface area contributed by atoms with Gasteiger partial charge in [0.15, 0.2) is 5.16 Å². The summed E-state index contributed by atoms with van der Waals surface area (Å²) >= 11 is 1.33. The molecule has 1 aliphatic carbocycles. The number of hydrogen-bond acceptors (Lipinski definition) is 5. The third-order valence-corrected chi connectivity index (χ3v) is 5.29. The molecule has 1 fully saturated rings. The molecule has 2 N–H and O–H groups in total. The van der Waals surface area contributed by atoms with Gasteiger partial charge in [0.25, 0.3) is 0 Å². The fraction of sp³-hybridized carbons (Fsp3) is 0.750. The average Bonchev–Trinajstić information content (AvgIpc) is 2.94. The smallest absolute Gasteiger partial charge is 0.321 e. The molecule has 1 aromatic heterocycles. The van der Waals surface area contributed by atoms with Crippen molar-refractivity contribution in [3.8, 4) is 0 Å². The van der Waals surface area contributed by atoms with Gasteiger partial charge in [-0.2, -0.15) is 0 Å². The molecule has 0 saturated heterocycles. The Morgan fingerprint density at radius 3 is 2.67 bits per heavy atom. The zero-order valence-corrected chi connectivity index (χ0v) is 15.5. The van der Waals surface area contributed by atoms with Crippen molar-refractivity contribution < 1.29 is 9.59 Å². The van der Waals surface area contributed by atoms with Crippen LogP contribution in [0.25, 0.3) is 0 Å². The monoisotopic (exact) mass is 353 g/mol. The highest BCUT2D eigenvalue weighted by Crippen LogP contribution is 2.32. The Labute approximate surface area is 147 Å². The highest BCUT2D eigenvalue weighted by molar-refractivity contribution is 7.99. The number of carbonyl (C=O) groups excluding carboxylic acids is 2. The molecule has 8 heteroatoms. The predicted molar refractivity (Wildman–Crippen MR) is 94.0 cm³/mol. The number of nitrogens with one attached hydrogen (secondary N) is 2. The van der Waals surface area contributed by atoms with Gasteiger partial charge in [0.05, 0.1) is 5.75 Å². The summed E-state index contributed by atoms with van der Waals surface area (Å²) in [6, 6.07) is 0.0235. The molecule has 1 saturated carbocycles. The number of aromatic nitrogens is 3. The maximum Gasteiger partial charge on any atom is 0.321 e. The Balaban J connectivity index is 1.88. The van der Waals surface area contributed by atoms with E-state index in [9.17, 15) is 9.59 Å². The third-order valence-electron chi connectivity index (χ3n) is 4.35. The number of rotatable bonds is 6. The molecule has 7 nitrogen and oxygen atoms in total. The van der Waals surface area contributed by atoms with E-state index in [1.165, 1.54) is 31.0 Å². The van der Waals surface area contributed by atoms with Crippen molar-refractivity contribution >= 4 is 23.7 Å². The molecule has 24 heavy (non-hydrogen) atoms. The van der Waals surface area contributed by atoms with Crippen LogP contribution in [0, 0.1) is 6.92 Å². The number of hydrogen-bond donors (Lipinski definition) is 2. The van der Waals surface area contributed by atoms with Crippen LogP contribution >= 0.6 is 11.8 Å². The molecule has 0 aromatic carbocycles. The van der Waals surface area contributed by atoms with Gasteiger partial charge in [-0.15, -0.1) is 10.2 Å². The number of nitrogens with zero attached hydrogens (tertiary/aromatic N) is 3. The first kappa shape index (κ1) is 18.8. The molecule has 1 aromatic rings. The van der Waals surface area contributed by atoms with Crippen molar-refractivity contribution in [3.05, 3.63) is 5.82 Å². The maximum atomic E-state index is 11.9. The quantitative estimate of drug-likeness (QED) is 0.768. The van der Waals surface area contributed by atoms with Crippen molar-refractivity contribution in [1.29, 1.82) is 0 Å². The van der Waals surface area contributed by atoms with E-state index in [1.807, 2.05) is 20.8 Å². The summed E-state index contributed by atoms with van der Waals surface area (Å²) in [6.45, 7) is 5.82. The molecule has 0 spiro atoms. The number of carbonyl (C=O) groups is 2. The zero-order chi connectivity index (χ0) is 17.5. The van der Waals surface area contributed by atoms with Crippen molar-refractivity contribution in [2.45, 2.75) is 76.5 Å². The Morgan fingerprint density at radius 2 is 2.00 bits per heavy atom. The highest BCUT2D eigenvalue weighted by Gasteiger charge is 2.22. The predicted octanol–water partition coefficient (Wildman–Crippen LogP) is 2.81. The largest absolute Gasteiger partial charge is 0.335 e. The van der Waals surface area contributed by atoms with E-state index in [0.29, 0.717) is 6.04 Å². The van der Waals surface area contributed by atoms with Crippen molar-refractivity contribution in [2.75, 3.05) is 5.75 Å². The van der Waals surface area contributed by atoms with Crippen LogP contribution in [0.4, 0.5) is 4.79 Å². The van der Waals surface area contributed by atoms with E-state index in [-0.39, 0.29) is 17.7 Å².